The number of hydrogen-bond donors (Lipinski definition) is 0. The summed E-state index contributed by atoms with van der Waals surface area (Å²) < 4.78 is 19.9. The predicted octanol–water partition coefficient (Wildman–Crippen LogP) is 5.91. The number of amides is 1. The smallest absolute Gasteiger partial charge is 0.423 e. The van der Waals surface area contributed by atoms with Crippen molar-refractivity contribution in [3.05, 3.63) is 43.0 Å². The SMILES string of the molecule is CC(C)(C)OC(=O)N(c1ccc(N2CCC3(CC2)OCCO3)cn1)c1ncc2c3ccncc3n(C3CCCC3)c2n1. The van der Waals surface area contributed by atoms with Gasteiger partial charge in [0, 0.05) is 55.1 Å². The summed E-state index contributed by atoms with van der Waals surface area (Å²) in [6.45, 7) is 8.45. The fourth-order valence-electron chi connectivity index (χ4n) is 6.47. The molecule has 0 radical (unpaired) electrons. The lowest BCUT2D eigenvalue weighted by Gasteiger charge is -2.38. The summed E-state index contributed by atoms with van der Waals surface area (Å²) in [5, 5.41) is 2.00. The lowest BCUT2D eigenvalue weighted by Crippen LogP contribution is -2.45. The maximum absolute atomic E-state index is 13.7. The third-order valence-corrected chi connectivity index (χ3v) is 8.47. The molecule has 0 N–H and O–H groups in total. The van der Waals surface area contributed by atoms with Gasteiger partial charge in [0.25, 0.3) is 0 Å². The monoisotopic (exact) mass is 571 g/mol. The maximum atomic E-state index is 13.7. The van der Waals surface area contributed by atoms with Crippen LogP contribution in [0.3, 0.4) is 0 Å². The van der Waals surface area contributed by atoms with E-state index in [0.717, 1.165) is 66.4 Å². The van der Waals surface area contributed by atoms with Crippen LogP contribution >= 0.6 is 0 Å². The zero-order valence-electron chi connectivity index (χ0n) is 24.5. The standard InChI is InChI=1S/C31H37N7O4/c1-30(2,3)42-29(39)38(26-9-8-22(18-33-26)36-14-11-31(12-15-36)40-16-17-41-31)28-34-19-24-23-10-13-32-20-25(23)37(27(24)35-28)21-6-4-5-7-21/h8-10,13,18-21H,4-7,11-12,14-17H2,1-3H3. The van der Waals surface area contributed by atoms with E-state index < -0.39 is 17.5 Å². The number of hydrogen-bond acceptors (Lipinski definition) is 9. The molecule has 1 spiro atoms. The Labute approximate surface area is 244 Å². The van der Waals surface area contributed by atoms with Crippen molar-refractivity contribution < 1.29 is 19.0 Å². The summed E-state index contributed by atoms with van der Waals surface area (Å²) in [5.74, 6) is 0.181. The Morgan fingerprint density at radius 3 is 2.45 bits per heavy atom. The number of anilines is 3. The molecule has 11 heteroatoms. The van der Waals surface area contributed by atoms with Gasteiger partial charge in [0.05, 0.1) is 36.8 Å². The average molecular weight is 572 g/mol. The van der Waals surface area contributed by atoms with E-state index >= 15 is 0 Å². The van der Waals surface area contributed by atoms with E-state index in [1.54, 1.807) is 18.6 Å². The Morgan fingerprint density at radius 2 is 1.76 bits per heavy atom. The highest BCUT2D eigenvalue weighted by atomic mass is 16.7. The number of rotatable bonds is 4. The first-order chi connectivity index (χ1) is 20.3. The molecule has 42 heavy (non-hydrogen) atoms. The van der Waals surface area contributed by atoms with Gasteiger partial charge in [-0.15, -0.1) is 0 Å². The van der Waals surface area contributed by atoms with Crippen LogP contribution in [-0.4, -0.2) is 68.3 Å². The Bertz CT molecular complexity index is 1590. The average Bonchev–Trinajstić information content (AvgIpc) is 3.73. The molecule has 0 bridgehead atoms. The molecule has 0 aromatic carbocycles. The van der Waals surface area contributed by atoms with Gasteiger partial charge in [-0.05, 0) is 51.8 Å². The summed E-state index contributed by atoms with van der Waals surface area (Å²) >= 11 is 0. The van der Waals surface area contributed by atoms with Crippen molar-refractivity contribution in [2.45, 2.75) is 76.7 Å². The van der Waals surface area contributed by atoms with E-state index in [1.807, 2.05) is 45.2 Å². The molecule has 1 amide bonds. The maximum Gasteiger partial charge on any atom is 0.423 e. The Hall–Kier alpha value is -3.83. The van der Waals surface area contributed by atoms with Crippen LogP contribution in [-0.2, 0) is 14.2 Å². The van der Waals surface area contributed by atoms with Gasteiger partial charge in [-0.25, -0.2) is 14.8 Å². The molecule has 1 aliphatic carbocycles. The third kappa shape index (κ3) is 4.94. The number of carbonyl (C=O) groups excluding carboxylic acids is 1. The van der Waals surface area contributed by atoms with Crippen LogP contribution in [0.5, 0.6) is 0 Å². The Balaban J connectivity index is 1.25. The topological polar surface area (TPSA) is 108 Å². The molecular weight excluding hydrogens is 534 g/mol. The molecule has 3 fully saturated rings. The highest BCUT2D eigenvalue weighted by molar-refractivity contribution is 6.06. The minimum absolute atomic E-state index is 0.224. The first-order valence-corrected chi connectivity index (χ1v) is 14.9. The molecule has 3 aliphatic rings. The summed E-state index contributed by atoms with van der Waals surface area (Å²) in [5.41, 5.74) is 2.09. The van der Waals surface area contributed by atoms with Gasteiger partial charge in [0.1, 0.15) is 17.1 Å². The lowest BCUT2D eigenvalue weighted by molar-refractivity contribution is -0.169. The predicted molar refractivity (Wildman–Crippen MR) is 159 cm³/mol. The number of fused-ring (bicyclic) bond motifs is 3. The first-order valence-electron chi connectivity index (χ1n) is 14.9. The number of pyridine rings is 2. The van der Waals surface area contributed by atoms with Gasteiger partial charge in [-0.2, -0.15) is 9.88 Å². The summed E-state index contributed by atoms with van der Waals surface area (Å²) in [4.78, 5) is 36.1. The zero-order valence-corrected chi connectivity index (χ0v) is 24.5. The van der Waals surface area contributed by atoms with Crippen LogP contribution in [0, 0.1) is 0 Å². The number of carbonyl (C=O) groups is 1. The highest BCUT2D eigenvalue weighted by Crippen LogP contribution is 2.39. The molecule has 1 saturated carbocycles. The van der Waals surface area contributed by atoms with Crippen molar-refractivity contribution in [1.29, 1.82) is 0 Å². The van der Waals surface area contributed by atoms with E-state index in [4.69, 9.17) is 24.2 Å². The molecule has 4 aromatic heterocycles. The minimum atomic E-state index is -0.710. The quantitative estimate of drug-likeness (QED) is 0.296. The van der Waals surface area contributed by atoms with Gasteiger partial charge in [0.15, 0.2) is 5.79 Å². The van der Waals surface area contributed by atoms with E-state index in [2.05, 4.69) is 19.4 Å². The molecule has 7 rings (SSSR count). The second-order valence-electron chi connectivity index (χ2n) is 12.4. The van der Waals surface area contributed by atoms with Gasteiger partial charge in [-0.1, -0.05) is 12.8 Å². The summed E-state index contributed by atoms with van der Waals surface area (Å²) in [6.07, 6.45) is 12.8. The summed E-state index contributed by atoms with van der Waals surface area (Å²) in [6, 6.07) is 6.14. The van der Waals surface area contributed by atoms with Crippen molar-refractivity contribution in [2.75, 3.05) is 36.1 Å². The van der Waals surface area contributed by atoms with E-state index in [-0.39, 0.29) is 5.95 Å². The van der Waals surface area contributed by atoms with E-state index in [0.29, 0.717) is 25.1 Å². The molecule has 4 aromatic rings. The number of ether oxygens (including phenoxy) is 3. The normalized spacial score (nSPS) is 19.3. The lowest BCUT2D eigenvalue weighted by atomic mass is 10.0. The van der Waals surface area contributed by atoms with Crippen LogP contribution < -0.4 is 9.80 Å². The molecule has 0 unspecified atom stereocenters. The molecule has 6 heterocycles. The highest BCUT2D eigenvalue weighted by Gasteiger charge is 2.40. The van der Waals surface area contributed by atoms with Crippen molar-refractivity contribution in [1.82, 2.24) is 24.5 Å². The van der Waals surface area contributed by atoms with Crippen LogP contribution in [0.1, 0.15) is 65.3 Å². The molecular formula is C31H37N7O4. The molecule has 0 atom stereocenters. The molecule has 220 valence electrons. The molecule has 11 nitrogen and oxygen atoms in total. The molecule has 2 aliphatic heterocycles. The van der Waals surface area contributed by atoms with Crippen molar-refractivity contribution in [3.63, 3.8) is 0 Å². The largest absolute Gasteiger partial charge is 0.443 e. The third-order valence-electron chi connectivity index (χ3n) is 8.47. The second-order valence-corrected chi connectivity index (χ2v) is 12.4. The minimum Gasteiger partial charge on any atom is -0.443 e. The van der Waals surface area contributed by atoms with Crippen molar-refractivity contribution >= 4 is 45.5 Å². The summed E-state index contributed by atoms with van der Waals surface area (Å²) in [7, 11) is 0. The fourth-order valence-corrected chi connectivity index (χ4v) is 6.47. The van der Waals surface area contributed by atoms with E-state index in [1.165, 1.54) is 17.7 Å². The van der Waals surface area contributed by atoms with Crippen molar-refractivity contribution in [2.24, 2.45) is 0 Å². The Kier molecular flexibility index (Phi) is 6.73. The number of piperidine rings is 1. The van der Waals surface area contributed by atoms with Gasteiger partial charge in [-0.3, -0.25) is 4.98 Å². The van der Waals surface area contributed by atoms with Crippen LogP contribution in [0.15, 0.2) is 43.0 Å². The fraction of sp³-hybridized carbons (Fsp3) is 0.516. The second kappa shape index (κ2) is 10.5. The number of nitrogens with zero attached hydrogens (tertiary/aromatic N) is 7. The van der Waals surface area contributed by atoms with Crippen LogP contribution in [0.4, 0.5) is 22.2 Å². The van der Waals surface area contributed by atoms with Gasteiger partial charge < -0.3 is 23.7 Å². The van der Waals surface area contributed by atoms with E-state index in [9.17, 15) is 4.79 Å². The van der Waals surface area contributed by atoms with Crippen LogP contribution in [0.2, 0.25) is 0 Å². The molecule has 2 saturated heterocycles. The van der Waals surface area contributed by atoms with Crippen molar-refractivity contribution in [3.8, 4) is 0 Å². The first kappa shape index (κ1) is 27.0. The Morgan fingerprint density at radius 1 is 1.00 bits per heavy atom. The van der Waals surface area contributed by atoms with Gasteiger partial charge in [0.2, 0.25) is 5.95 Å². The van der Waals surface area contributed by atoms with Crippen LogP contribution in [0.25, 0.3) is 21.9 Å². The number of aromatic nitrogens is 5. The van der Waals surface area contributed by atoms with Gasteiger partial charge >= 0.3 is 6.09 Å². The zero-order chi connectivity index (χ0) is 28.9.